The Morgan fingerprint density at radius 1 is 1.41 bits per heavy atom. The third-order valence-electron chi connectivity index (χ3n) is 4.74. The molecule has 0 N–H and O–H groups in total. The first kappa shape index (κ1) is 18.8. The normalized spacial score (nSPS) is 17.0. The number of rotatable bonds is 7. The van der Waals surface area contributed by atoms with Gasteiger partial charge in [0.1, 0.15) is 18.4 Å². The Kier molecular flexibility index (Phi) is 5.70. The number of carbonyl (C=O) groups excluding carboxylic acids is 1. The van der Waals surface area contributed by atoms with Gasteiger partial charge in [-0.05, 0) is 31.5 Å². The van der Waals surface area contributed by atoms with Gasteiger partial charge in [0.25, 0.3) is 5.69 Å². The molecule has 1 aliphatic heterocycles. The van der Waals surface area contributed by atoms with E-state index in [9.17, 15) is 14.9 Å². The van der Waals surface area contributed by atoms with Crippen molar-refractivity contribution in [3.8, 4) is 17.0 Å². The predicted octanol–water partition coefficient (Wildman–Crippen LogP) is 2.01. The van der Waals surface area contributed by atoms with E-state index in [2.05, 4.69) is 5.10 Å². The molecule has 1 fully saturated rings. The van der Waals surface area contributed by atoms with E-state index in [4.69, 9.17) is 9.47 Å². The smallest absolute Gasteiger partial charge is 0.323 e. The Bertz CT molecular complexity index is 835. The van der Waals surface area contributed by atoms with Crippen molar-refractivity contribution >= 4 is 11.7 Å². The fourth-order valence-corrected chi connectivity index (χ4v) is 3.37. The van der Waals surface area contributed by atoms with Crippen LogP contribution in [0.5, 0.6) is 5.75 Å². The topological polar surface area (TPSA) is 99.7 Å². The summed E-state index contributed by atoms with van der Waals surface area (Å²) < 4.78 is 12.4. The number of ether oxygens (including phenoxy) is 2. The number of aromatic nitrogens is 2. The molecule has 9 nitrogen and oxygen atoms in total. The number of methoxy groups -OCH3 is 1. The zero-order valence-electron chi connectivity index (χ0n) is 15.3. The van der Waals surface area contributed by atoms with E-state index >= 15 is 0 Å². The van der Waals surface area contributed by atoms with Crippen LogP contribution in [0.2, 0.25) is 0 Å². The molecule has 2 aromatic rings. The number of esters is 1. The van der Waals surface area contributed by atoms with Crippen molar-refractivity contribution < 1.29 is 19.2 Å². The first-order valence-corrected chi connectivity index (χ1v) is 8.72. The van der Waals surface area contributed by atoms with Gasteiger partial charge in [-0.15, -0.1) is 0 Å². The highest BCUT2D eigenvalue weighted by molar-refractivity contribution is 5.76. The summed E-state index contributed by atoms with van der Waals surface area (Å²) in [5.41, 5.74) is 1.32. The second-order valence-corrected chi connectivity index (χ2v) is 6.34. The third kappa shape index (κ3) is 4.08. The summed E-state index contributed by atoms with van der Waals surface area (Å²) in [6.45, 7) is 1.75. The molecule has 1 atom stereocenters. The van der Waals surface area contributed by atoms with Crippen LogP contribution in [-0.2, 0) is 16.6 Å². The number of likely N-dealkylation sites (tertiary alicyclic amines) is 1. The van der Waals surface area contributed by atoms with Gasteiger partial charge in [0.2, 0.25) is 0 Å². The van der Waals surface area contributed by atoms with Gasteiger partial charge < -0.3 is 9.47 Å². The molecule has 0 radical (unpaired) electrons. The van der Waals surface area contributed by atoms with Gasteiger partial charge in [0.15, 0.2) is 0 Å². The van der Waals surface area contributed by atoms with E-state index in [1.165, 1.54) is 19.2 Å². The number of nitro benzene ring substituents is 1. The van der Waals surface area contributed by atoms with Gasteiger partial charge in [-0.2, -0.15) is 5.10 Å². The molecule has 9 heteroatoms. The minimum absolute atomic E-state index is 0.0103. The number of nitro groups is 1. The SMILES string of the molecule is COC(=O)C1CCCN1CCOc1ccc([N+](=O)[O-])cc1-c1ccnn1C. The third-order valence-corrected chi connectivity index (χ3v) is 4.74. The lowest BCUT2D eigenvalue weighted by Gasteiger charge is -2.22. The van der Waals surface area contributed by atoms with E-state index in [0.29, 0.717) is 24.5 Å². The molecule has 0 spiro atoms. The zero-order valence-corrected chi connectivity index (χ0v) is 15.3. The van der Waals surface area contributed by atoms with E-state index in [1.807, 2.05) is 4.90 Å². The van der Waals surface area contributed by atoms with E-state index in [-0.39, 0.29) is 17.7 Å². The van der Waals surface area contributed by atoms with E-state index in [1.54, 1.807) is 30.1 Å². The molecular formula is C18H22N4O5. The Balaban J connectivity index is 1.74. The Morgan fingerprint density at radius 3 is 2.89 bits per heavy atom. The molecule has 1 aromatic heterocycles. The van der Waals surface area contributed by atoms with Crippen molar-refractivity contribution in [1.29, 1.82) is 0 Å². The number of carbonyl (C=O) groups is 1. The lowest BCUT2D eigenvalue weighted by Crippen LogP contribution is -2.39. The fourth-order valence-electron chi connectivity index (χ4n) is 3.37. The molecule has 1 unspecified atom stereocenters. The zero-order chi connectivity index (χ0) is 19.4. The quantitative estimate of drug-likeness (QED) is 0.415. The number of hydrogen-bond acceptors (Lipinski definition) is 7. The summed E-state index contributed by atoms with van der Waals surface area (Å²) in [5, 5.41) is 15.2. The van der Waals surface area contributed by atoms with Crippen molar-refractivity contribution in [1.82, 2.24) is 14.7 Å². The fraction of sp³-hybridized carbons (Fsp3) is 0.444. The Labute approximate surface area is 156 Å². The number of nitrogens with zero attached hydrogens (tertiary/aromatic N) is 4. The van der Waals surface area contributed by atoms with Crippen molar-refractivity contribution in [2.24, 2.45) is 7.05 Å². The summed E-state index contributed by atoms with van der Waals surface area (Å²) in [5.74, 6) is 0.316. The Hall–Kier alpha value is -2.94. The van der Waals surface area contributed by atoms with Crippen LogP contribution in [0, 0.1) is 10.1 Å². The summed E-state index contributed by atoms with van der Waals surface area (Å²) in [6, 6.07) is 6.05. The maximum atomic E-state index is 11.8. The minimum atomic E-state index is -0.436. The predicted molar refractivity (Wildman–Crippen MR) is 97.4 cm³/mol. The monoisotopic (exact) mass is 374 g/mol. The second kappa shape index (κ2) is 8.17. The van der Waals surface area contributed by atoms with Crippen LogP contribution in [0.1, 0.15) is 12.8 Å². The number of non-ortho nitro benzene ring substituents is 1. The van der Waals surface area contributed by atoms with Crippen molar-refractivity contribution in [3.63, 3.8) is 0 Å². The number of aryl methyl sites for hydroxylation is 1. The number of hydrogen-bond donors (Lipinski definition) is 0. The average Bonchev–Trinajstić information content (AvgIpc) is 3.30. The summed E-state index contributed by atoms with van der Waals surface area (Å²) in [7, 11) is 3.16. The van der Waals surface area contributed by atoms with Gasteiger partial charge in [-0.3, -0.25) is 24.5 Å². The van der Waals surface area contributed by atoms with Gasteiger partial charge in [-0.25, -0.2) is 0 Å². The Morgan fingerprint density at radius 2 is 2.22 bits per heavy atom. The van der Waals surface area contributed by atoms with E-state index in [0.717, 1.165) is 25.1 Å². The number of benzene rings is 1. The molecule has 0 aliphatic carbocycles. The average molecular weight is 374 g/mol. The van der Waals surface area contributed by atoms with Gasteiger partial charge in [-0.1, -0.05) is 0 Å². The van der Waals surface area contributed by atoms with Gasteiger partial charge in [0.05, 0.1) is 17.7 Å². The van der Waals surface area contributed by atoms with Crippen LogP contribution in [0.4, 0.5) is 5.69 Å². The molecule has 0 amide bonds. The molecule has 1 aromatic carbocycles. The van der Waals surface area contributed by atoms with Crippen LogP contribution >= 0.6 is 0 Å². The van der Waals surface area contributed by atoms with Crippen molar-refractivity contribution in [2.45, 2.75) is 18.9 Å². The first-order chi connectivity index (χ1) is 13.0. The van der Waals surface area contributed by atoms with Crippen molar-refractivity contribution in [3.05, 3.63) is 40.6 Å². The summed E-state index contributed by atoms with van der Waals surface area (Å²) in [4.78, 5) is 24.6. The molecule has 1 saturated heterocycles. The molecule has 3 rings (SSSR count). The summed E-state index contributed by atoms with van der Waals surface area (Å²) >= 11 is 0. The van der Waals surface area contributed by atoms with Crippen LogP contribution in [0.3, 0.4) is 0 Å². The highest BCUT2D eigenvalue weighted by Gasteiger charge is 2.31. The molecule has 1 aliphatic rings. The molecule has 0 bridgehead atoms. The summed E-state index contributed by atoms with van der Waals surface area (Å²) in [6.07, 6.45) is 3.35. The van der Waals surface area contributed by atoms with Crippen LogP contribution in [0.25, 0.3) is 11.3 Å². The van der Waals surface area contributed by atoms with Crippen LogP contribution in [0.15, 0.2) is 30.5 Å². The molecule has 2 heterocycles. The standard InChI is InChI=1S/C18H22N4O5/c1-20-15(7-8-19-20)14-12-13(22(24)25)5-6-17(14)27-11-10-21-9-3-4-16(21)18(23)26-2/h5-8,12,16H,3-4,9-11H2,1-2H3. The maximum Gasteiger partial charge on any atom is 0.323 e. The first-order valence-electron chi connectivity index (χ1n) is 8.72. The highest BCUT2D eigenvalue weighted by Crippen LogP contribution is 2.33. The van der Waals surface area contributed by atoms with Gasteiger partial charge >= 0.3 is 5.97 Å². The van der Waals surface area contributed by atoms with Gasteiger partial charge in [0, 0.05) is 37.5 Å². The molecule has 144 valence electrons. The van der Waals surface area contributed by atoms with Crippen LogP contribution in [-0.4, -0.2) is 58.4 Å². The minimum Gasteiger partial charge on any atom is -0.492 e. The van der Waals surface area contributed by atoms with E-state index < -0.39 is 4.92 Å². The largest absolute Gasteiger partial charge is 0.492 e. The lowest BCUT2D eigenvalue weighted by atomic mass is 10.1. The van der Waals surface area contributed by atoms with Crippen molar-refractivity contribution in [2.75, 3.05) is 26.8 Å². The molecule has 27 heavy (non-hydrogen) atoms. The lowest BCUT2D eigenvalue weighted by molar-refractivity contribution is -0.384. The maximum absolute atomic E-state index is 11.8. The second-order valence-electron chi connectivity index (χ2n) is 6.34. The molecule has 0 saturated carbocycles. The van der Waals surface area contributed by atoms with Crippen LogP contribution < -0.4 is 4.74 Å². The highest BCUT2D eigenvalue weighted by atomic mass is 16.6. The molecular weight excluding hydrogens is 352 g/mol.